The number of nitrogens with one attached hydrogen (secondary N) is 1. The van der Waals surface area contributed by atoms with Crippen LogP contribution in [0.25, 0.3) is 0 Å². The standard InChI is InChI=1S/C12H16INO3/c1-8(5-6-17-2)14-12(16)10-7-9(13)3-4-11(10)15/h3-4,7-8,15H,5-6H2,1-2H3,(H,14,16). The lowest BCUT2D eigenvalue weighted by Crippen LogP contribution is -2.33. The number of phenolic OH excluding ortho intramolecular Hbond substituents is 1. The lowest BCUT2D eigenvalue weighted by Gasteiger charge is -2.14. The minimum absolute atomic E-state index is 0.00172. The summed E-state index contributed by atoms with van der Waals surface area (Å²) in [5, 5.41) is 12.4. The lowest BCUT2D eigenvalue weighted by atomic mass is 10.1. The van der Waals surface area contributed by atoms with Crippen molar-refractivity contribution in [2.75, 3.05) is 13.7 Å². The Labute approximate surface area is 115 Å². The van der Waals surface area contributed by atoms with Gasteiger partial charge in [-0.15, -0.1) is 0 Å². The average molecular weight is 349 g/mol. The predicted molar refractivity (Wildman–Crippen MR) is 74.2 cm³/mol. The molecule has 1 rings (SSSR count). The van der Waals surface area contributed by atoms with Gasteiger partial charge in [0.1, 0.15) is 5.75 Å². The highest BCUT2D eigenvalue weighted by atomic mass is 127. The molecule has 0 fully saturated rings. The molecule has 0 saturated heterocycles. The van der Waals surface area contributed by atoms with Crippen molar-refractivity contribution in [2.45, 2.75) is 19.4 Å². The maximum absolute atomic E-state index is 11.9. The van der Waals surface area contributed by atoms with Gasteiger partial charge in [-0.1, -0.05) is 0 Å². The first-order chi connectivity index (χ1) is 8.04. The Morgan fingerprint density at radius 1 is 1.59 bits per heavy atom. The van der Waals surface area contributed by atoms with Crippen LogP contribution in [0.3, 0.4) is 0 Å². The summed E-state index contributed by atoms with van der Waals surface area (Å²) in [5.41, 5.74) is 0.307. The Morgan fingerprint density at radius 3 is 2.94 bits per heavy atom. The highest BCUT2D eigenvalue weighted by molar-refractivity contribution is 14.1. The van der Waals surface area contributed by atoms with E-state index < -0.39 is 0 Å². The number of phenols is 1. The molecule has 1 aromatic rings. The molecule has 0 aliphatic rings. The van der Waals surface area contributed by atoms with Crippen LogP contribution in [0.2, 0.25) is 0 Å². The largest absolute Gasteiger partial charge is 0.507 e. The number of hydrogen-bond donors (Lipinski definition) is 2. The number of amides is 1. The Kier molecular flexibility index (Phi) is 5.70. The van der Waals surface area contributed by atoms with E-state index in [0.29, 0.717) is 12.2 Å². The van der Waals surface area contributed by atoms with Crippen molar-refractivity contribution in [3.05, 3.63) is 27.3 Å². The van der Waals surface area contributed by atoms with E-state index in [1.54, 1.807) is 19.2 Å². The van der Waals surface area contributed by atoms with Gasteiger partial charge in [0.05, 0.1) is 5.56 Å². The van der Waals surface area contributed by atoms with Gasteiger partial charge in [-0.2, -0.15) is 0 Å². The van der Waals surface area contributed by atoms with Gasteiger partial charge in [0, 0.05) is 23.3 Å². The number of methoxy groups -OCH3 is 1. The summed E-state index contributed by atoms with van der Waals surface area (Å²) in [4.78, 5) is 11.9. The molecular formula is C12H16INO3. The van der Waals surface area contributed by atoms with Crippen molar-refractivity contribution in [3.63, 3.8) is 0 Å². The molecule has 0 heterocycles. The molecule has 5 heteroatoms. The van der Waals surface area contributed by atoms with E-state index in [9.17, 15) is 9.90 Å². The zero-order valence-electron chi connectivity index (χ0n) is 9.87. The second-order valence-corrected chi connectivity index (χ2v) is 5.06. The number of halogens is 1. The third kappa shape index (κ3) is 4.51. The van der Waals surface area contributed by atoms with Crippen LogP contribution in [0, 0.1) is 3.57 Å². The first-order valence-corrected chi connectivity index (χ1v) is 6.40. The van der Waals surface area contributed by atoms with Gasteiger partial charge in [0.25, 0.3) is 5.91 Å². The normalized spacial score (nSPS) is 12.2. The van der Waals surface area contributed by atoms with Gasteiger partial charge in [-0.3, -0.25) is 4.79 Å². The number of carbonyl (C=O) groups is 1. The van der Waals surface area contributed by atoms with Crippen LogP contribution < -0.4 is 5.32 Å². The number of ether oxygens (including phenoxy) is 1. The van der Waals surface area contributed by atoms with E-state index in [1.165, 1.54) is 6.07 Å². The summed E-state index contributed by atoms with van der Waals surface area (Å²) in [6.07, 6.45) is 0.743. The molecule has 2 N–H and O–H groups in total. The Hall–Kier alpha value is -0.820. The highest BCUT2D eigenvalue weighted by Gasteiger charge is 2.13. The van der Waals surface area contributed by atoms with Crippen LogP contribution in [-0.4, -0.2) is 30.8 Å². The summed E-state index contributed by atoms with van der Waals surface area (Å²) >= 11 is 2.10. The fourth-order valence-corrected chi connectivity index (χ4v) is 1.85. The van der Waals surface area contributed by atoms with Gasteiger partial charge < -0.3 is 15.2 Å². The van der Waals surface area contributed by atoms with Crippen molar-refractivity contribution in [3.8, 4) is 5.75 Å². The first kappa shape index (κ1) is 14.2. The van der Waals surface area contributed by atoms with E-state index in [4.69, 9.17) is 4.74 Å². The molecular weight excluding hydrogens is 333 g/mol. The fraction of sp³-hybridized carbons (Fsp3) is 0.417. The molecule has 0 radical (unpaired) electrons. The highest BCUT2D eigenvalue weighted by Crippen LogP contribution is 2.19. The number of benzene rings is 1. The monoisotopic (exact) mass is 349 g/mol. The fourth-order valence-electron chi connectivity index (χ4n) is 1.36. The van der Waals surface area contributed by atoms with Crippen molar-refractivity contribution < 1.29 is 14.6 Å². The molecule has 17 heavy (non-hydrogen) atoms. The molecule has 94 valence electrons. The first-order valence-electron chi connectivity index (χ1n) is 5.33. The minimum atomic E-state index is -0.260. The molecule has 4 nitrogen and oxygen atoms in total. The lowest BCUT2D eigenvalue weighted by molar-refractivity contribution is 0.0927. The van der Waals surface area contributed by atoms with Crippen LogP contribution in [0.4, 0.5) is 0 Å². The van der Waals surface area contributed by atoms with Crippen LogP contribution >= 0.6 is 22.6 Å². The van der Waals surface area contributed by atoms with E-state index in [0.717, 1.165) is 9.99 Å². The topological polar surface area (TPSA) is 58.6 Å². The second-order valence-electron chi connectivity index (χ2n) is 3.82. The Balaban J connectivity index is 2.66. The molecule has 1 atom stereocenters. The minimum Gasteiger partial charge on any atom is -0.507 e. The smallest absolute Gasteiger partial charge is 0.255 e. The molecule has 0 aromatic heterocycles. The maximum Gasteiger partial charge on any atom is 0.255 e. The van der Waals surface area contributed by atoms with Crippen molar-refractivity contribution in [1.29, 1.82) is 0 Å². The zero-order chi connectivity index (χ0) is 12.8. The summed E-state index contributed by atoms with van der Waals surface area (Å²) in [6, 6.07) is 4.95. The zero-order valence-corrected chi connectivity index (χ0v) is 12.0. The summed E-state index contributed by atoms with van der Waals surface area (Å²) in [5.74, 6) is -0.258. The number of hydrogen-bond acceptors (Lipinski definition) is 3. The van der Waals surface area contributed by atoms with Gasteiger partial charge in [0.15, 0.2) is 0 Å². The van der Waals surface area contributed by atoms with Crippen LogP contribution in [0.5, 0.6) is 5.75 Å². The number of rotatable bonds is 5. The molecule has 0 aliphatic heterocycles. The third-order valence-corrected chi connectivity index (χ3v) is 3.01. The van der Waals surface area contributed by atoms with Crippen molar-refractivity contribution >= 4 is 28.5 Å². The summed E-state index contributed by atoms with van der Waals surface area (Å²) < 4.78 is 5.85. The van der Waals surface area contributed by atoms with E-state index in [-0.39, 0.29) is 17.7 Å². The molecule has 1 unspecified atom stereocenters. The van der Waals surface area contributed by atoms with Crippen molar-refractivity contribution in [2.24, 2.45) is 0 Å². The summed E-state index contributed by atoms with van der Waals surface area (Å²) in [6.45, 7) is 2.50. The quantitative estimate of drug-likeness (QED) is 0.801. The molecule has 1 amide bonds. The molecule has 1 aromatic carbocycles. The predicted octanol–water partition coefficient (Wildman–Crippen LogP) is 2.15. The second kappa shape index (κ2) is 6.80. The van der Waals surface area contributed by atoms with E-state index in [2.05, 4.69) is 27.9 Å². The van der Waals surface area contributed by atoms with Crippen LogP contribution in [0.15, 0.2) is 18.2 Å². The Bertz CT molecular complexity index is 395. The third-order valence-electron chi connectivity index (χ3n) is 2.34. The molecule has 0 spiro atoms. The summed E-state index contributed by atoms with van der Waals surface area (Å²) in [7, 11) is 1.62. The maximum atomic E-state index is 11.9. The van der Waals surface area contributed by atoms with Gasteiger partial charge in [0.2, 0.25) is 0 Å². The van der Waals surface area contributed by atoms with E-state index in [1.807, 2.05) is 6.92 Å². The van der Waals surface area contributed by atoms with Gasteiger partial charge in [-0.05, 0) is 54.1 Å². The molecule has 0 bridgehead atoms. The van der Waals surface area contributed by atoms with Gasteiger partial charge >= 0.3 is 0 Å². The number of aromatic hydroxyl groups is 1. The SMILES string of the molecule is COCCC(C)NC(=O)c1cc(I)ccc1O. The average Bonchev–Trinajstić information content (AvgIpc) is 2.29. The Morgan fingerprint density at radius 2 is 2.29 bits per heavy atom. The van der Waals surface area contributed by atoms with Crippen LogP contribution in [-0.2, 0) is 4.74 Å². The molecule has 0 aliphatic carbocycles. The van der Waals surface area contributed by atoms with Gasteiger partial charge in [-0.25, -0.2) is 0 Å². The van der Waals surface area contributed by atoms with Crippen LogP contribution in [0.1, 0.15) is 23.7 Å². The van der Waals surface area contributed by atoms with Crippen molar-refractivity contribution in [1.82, 2.24) is 5.32 Å². The molecule has 0 saturated carbocycles. The number of carbonyl (C=O) groups excluding carboxylic acids is 1. The van der Waals surface area contributed by atoms with E-state index >= 15 is 0 Å².